The van der Waals surface area contributed by atoms with Crippen LogP contribution >= 0.6 is 15.9 Å². The van der Waals surface area contributed by atoms with Crippen molar-refractivity contribution in [2.24, 2.45) is 0 Å². The standard InChI is InChI=1S/C21H19BrN2O6/c22-15-6-4-14(5-7-15)20(27)24-16(21(28)23-9-1-2-19(25)26)10-13-3-8-17-18(11-13)30-12-29-17/h3-8,10-11H,1-2,9,12H2,(H,23,28)(H,24,27)(H,25,26)/p-1/b16-10-. The third-order valence-electron chi connectivity index (χ3n) is 4.15. The highest BCUT2D eigenvalue weighted by atomic mass is 79.9. The van der Waals surface area contributed by atoms with Gasteiger partial charge in [0.05, 0.1) is 0 Å². The van der Waals surface area contributed by atoms with Gasteiger partial charge in [0, 0.05) is 22.6 Å². The number of rotatable bonds is 8. The number of carbonyl (C=O) groups is 3. The number of aliphatic carboxylic acids is 1. The molecule has 2 N–H and O–H groups in total. The average Bonchev–Trinajstić information content (AvgIpc) is 3.18. The molecule has 0 aromatic heterocycles. The van der Waals surface area contributed by atoms with Gasteiger partial charge in [-0.1, -0.05) is 22.0 Å². The van der Waals surface area contributed by atoms with Crippen molar-refractivity contribution in [2.45, 2.75) is 12.8 Å². The van der Waals surface area contributed by atoms with Gasteiger partial charge in [0.15, 0.2) is 11.5 Å². The monoisotopic (exact) mass is 473 g/mol. The molecule has 2 aromatic carbocycles. The van der Waals surface area contributed by atoms with E-state index in [2.05, 4.69) is 26.6 Å². The number of hydrogen-bond acceptors (Lipinski definition) is 6. The fraction of sp³-hybridized carbons (Fsp3) is 0.190. The summed E-state index contributed by atoms with van der Waals surface area (Å²) in [5.41, 5.74) is 1.00. The zero-order valence-electron chi connectivity index (χ0n) is 15.8. The number of halogens is 1. The summed E-state index contributed by atoms with van der Waals surface area (Å²) in [5, 5.41) is 15.7. The minimum Gasteiger partial charge on any atom is -0.550 e. The lowest BCUT2D eigenvalue weighted by Gasteiger charge is -2.12. The van der Waals surface area contributed by atoms with Gasteiger partial charge in [-0.25, -0.2) is 0 Å². The smallest absolute Gasteiger partial charge is 0.267 e. The van der Waals surface area contributed by atoms with Gasteiger partial charge in [-0.3, -0.25) is 9.59 Å². The molecule has 0 radical (unpaired) electrons. The normalized spacial score (nSPS) is 12.4. The van der Waals surface area contributed by atoms with Crippen molar-refractivity contribution in [1.82, 2.24) is 10.6 Å². The first-order chi connectivity index (χ1) is 14.4. The van der Waals surface area contributed by atoms with Crippen LogP contribution in [0.25, 0.3) is 6.08 Å². The molecule has 1 aliphatic rings. The Morgan fingerprint density at radius 1 is 1.07 bits per heavy atom. The van der Waals surface area contributed by atoms with Gasteiger partial charge in [-0.15, -0.1) is 0 Å². The molecule has 0 spiro atoms. The van der Waals surface area contributed by atoms with E-state index >= 15 is 0 Å². The van der Waals surface area contributed by atoms with Gasteiger partial charge in [-0.05, 0) is 60.9 Å². The second-order valence-electron chi connectivity index (χ2n) is 6.36. The zero-order valence-corrected chi connectivity index (χ0v) is 17.4. The first-order valence-corrected chi connectivity index (χ1v) is 9.88. The number of amides is 2. The second kappa shape index (κ2) is 9.93. The Labute approximate surface area is 181 Å². The quantitative estimate of drug-likeness (QED) is 0.444. The maximum atomic E-state index is 12.6. The van der Waals surface area contributed by atoms with Crippen molar-refractivity contribution >= 4 is 39.8 Å². The number of ether oxygens (including phenoxy) is 2. The number of fused-ring (bicyclic) bond motifs is 1. The molecule has 0 bridgehead atoms. The third kappa shape index (κ3) is 5.84. The molecule has 0 fully saturated rings. The predicted molar refractivity (Wildman–Crippen MR) is 109 cm³/mol. The van der Waals surface area contributed by atoms with E-state index in [4.69, 9.17) is 9.47 Å². The van der Waals surface area contributed by atoms with E-state index in [-0.39, 0.29) is 31.9 Å². The molecule has 0 atom stereocenters. The number of carboxylic acid groups (broad SMARTS) is 1. The van der Waals surface area contributed by atoms with Crippen molar-refractivity contribution in [3.8, 4) is 11.5 Å². The van der Waals surface area contributed by atoms with Crippen LogP contribution in [0.2, 0.25) is 0 Å². The third-order valence-corrected chi connectivity index (χ3v) is 4.68. The Morgan fingerprint density at radius 2 is 1.80 bits per heavy atom. The summed E-state index contributed by atoms with van der Waals surface area (Å²) in [6, 6.07) is 11.8. The van der Waals surface area contributed by atoms with Gasteiger partial charge in [0.2, 0.25) is 6.79 Å². The second-order valence-corrected chi connectivity index (χ2v) is 7.28. The van der Waals surface area contributed by atoms with Crippen LogP contribution in [-0.2, 0) is 9.59 Å². The highest BCUT2D eigenvalue weighted by Gasteiger charge is 2.17. The fourth-order valence-corrected chi connectivity index (χ4v) is 2.92. The van der Waals surface area contributed by atoms with Crippen LogP contribution < -0.4 is 25.2 Å². The molecular formula is C21H18BrN2O6-. The van der Waals surface area contributed by atoms with Crippen LogP contribution in [0, 0.1) is 0 Å². The van der Waals surface area contributed by atoms with E-state index in [9.17, 15) is 19.5 Å². The first-order valence-electron chi connectivity index (χ1n) is 9.08. The number of carbonyl (C=O) groups excluding carboxylic acids is 3. The molecule has 8 nitrogen and oxygen atoms in total. The largest absolute Gasteiger partial charge is 0.550 e. The Balaban J connectivity index is 1.78. The first kappa shape index (κ1) is 21.4. The molecule has 30 heavy (non-hydrogen) atoms. The summed E-state index contributed by atoms with van der Waals surface area (Å²) in [6.45, 7) is 0.244. The van der Waals surface area contributed by atoms with Crippen LogP contribution in [-0.4, -0.2) is 31.1 Å². The summed E-state index contributed by atoms with van der Waals surface area (Å²) < 4.78 is 11.4. The van der Waals surface area contributed by atoms with Gasteiger partial charge >= 0.3 is 0 Å². The van der Waals surface area contributed by atoms with Crippen molar-refractivity contribution in [1.29, 1.82) is 0 Å². The summed E-state index contributed by atoms with van der Waals surface area (Å²) in [7, 11) is 0. The molecule has 0 aliphatic carbocycles. The summed E-state index contributed by atoms with van der Waals surface area (Å²) >= 11 is 3.31. The Morgan fingerprint density at radius 3 is 2.53 bits per heavy atom. The Hall–Kier alpha value is -3.33. The van der Waals surface area contributed by atoms with Crippen molar-refractivity contribution in [3.05, 3.63) is 63.8 Å². The number of hydrogen-bond donors (Lipinski definition) is 2. The zero-order chi connectivity index (χ0) is 21.5. The van der Waals surface area contributed by atoms with Crippen LogP contribution in [0.3, 0.4) is 0 Å². The maximum Gasteiger partial charge on any atom is 0.267 e. The summed E-state index contributed by atoms with van der Waals surface area (Å²) in [6.07, 6.45) is 1.55. The number of carboxylic acids is 1. The van der Waals surface area contributed by atoms with Crippen molar-refractivity contribution in [2.75, 3.05) is 13.3 Å². The number of benzene rings is 2. The molecule has 9 heteroatoms. The van der Waals surface area contributed by atoms with Gasteiger partial charge in [0.25, 0.3) is 11.8 Å². The summed E-state index contributed by atoms with van der Waals surface area (Å²) in [5.74, 6) is -1.06. The van der Waals surface area contributed by atoms with E-state index in [1.54, 1.807) is 42.5 Å². The topological polar surface area (TPSA) is 117 Å². The highest BCUT2D eigenvalue weighted by molar-refractivity contribution is 9.10. The molecule has 156 valence electrons. The Kier molecular flexibility index (Phi) is 7.08. The predicted octanol–water partition coefficient (Wildman–Crippen LogP) is 1.59. The lowest BCUT2D eigenvalue weighted by molar-refractivity contribution is -0.305. The number of nitrogens with one attached hydrogen (secondary N) is 2. The minimum absolute atomic E-state index is 0.00948. The van der Waals surface area contributed by atoms with E-state index in [0.29, 0.717) is 22.6 Å². The van der Waals surface area contributed by atoms with E-state index < -0.39 is 17.8 Å². The van der Waals surface area contributed by atoms with Crippen molar-refractivity contribution < 1.29 is 29.0 Å². The molecule has 0 saturated heterocycles. The molecule has 0 saturated carbocycles. The molecule has 2 amide bonds. The molecule has 1 heterocycles. The van der Waals surface area contributed by atoms with Crippen LogP contribution in [0.4, 0.5) is 0 Å². The Bertz CT molecular complexity index is 987. The van der Waals surface area contributed by atoms with E-state index in [1.165, 1.54) is 6.08 Å². The van der Waals surface area contributed by atoms with Crippen LogP contribution in [0.15, 0.2) is 52.6 Å². The molecular weight excluding hydrogens is 456 g/mol. The molecule has 1 aliphatic heterocycles. The van der Waals surface area contributed by atoms with Gasteiger partial charge in [-0.2, -0.15) is 0 Å². The minimum atomic E-state index is -1.19. The SMILES string of the molecule is O=C([O-])CCCNC(=O)/C(=C/c1ccc2c(c1)OCO2)NC(=O)c1ccc(Br)cc1. The van der Waals surface area contributed by atoms with E-state index in [0.717, 1.165) is 4.47 Å². The molecule has 3 rings (SSSR count). The lowest BCUT2D eigenvalue weighted by atomic mass is 10.1. The average molecular weight is 474 g/mol. The fourth-order valence-electron chi connectivity index (χ4n) is 2.65. The summed E-state index contributed by atoms with van der Waals surface area (Å²) in [4.78, 5) is 35.7. The lowest BCUT2D eigenvalue weighted by Crippen LogP contribution is -2.35. The molecule has 2 aromatic rings. The van der Waals surface area contributed by atoms with Crippen LogP contribution in [0.5, 0.6) is 11.5 Å². The highest BCUT2D eigenvalue weighted by Crippen LogP contribution is 2.33. The molecule has 0 unspecified atom stereocenters. The van der Waals surface area contributed by atoms with Gasteiger partial charge < -0.3 is 30.0 Å². The maximum absolute atomic E-state index is 12.6. The van der Waals surface area contributed by atoms with E-state index in [1.807, 2.05) is 0 Å². The van der Waals surface area contributed by atoms with Crippen LogP contribution in [0.1, 0.15) is 28.8 Å². The van der Waals surface area contributed by atoms with Crippen molar-refractivity contribution in [3.63, 3.8) is 0 Å². The van der Waals surface area contributed by atoms with Gasteiger partial charge in [0.1, 0.15) is 5.70 Å².